The van der Waals surface area contributed by atoms with Crippen LogP contribution in [0.3, 0.4) is 0 Å². The van der Waals surface area contributed by atoms with Crippen LogP contribution in [0.15, 0.2) is 72.8 Å². The lowest BCUT2D eigenvalue weighted by Gasteiger charge is -2.17. The molecule has 0 aromatic heterocycles. The fourth-order valence-electron chi connectivity index (χ4n) is 3.88. The van der Waals surface area contributed by atoms with Crippen molar-refractivity contribution in [2.75, 3.05) is 16.8 Å². The molecule has 3 amide bonds. The number of anilines is 2. The Morgan fingerprint density at radius 1 is 1.03 bits per heavy atom. The minimum absolute atomic E-state index is 0.107. The van der Waals surface area contributed by atoms with Crippen LogP contribution in [0, 0.1) is 12.8 Å². The van der Waals surface area contributed by atoms with Gasteiger partial charge in [0, 0.05) is 30.2 Å². The Labute approximate surface area is 197 Å². The van der Waals surface area contributed by atoms with E-state index in [0.29, 0.717) is 28.5 Å². The molecule has 0 radical (unpaired) electrons. The van der Waals surface area contributed by atoms with Crippen LogP contribution >= 0.6 is 11.6 Å². The van der Waals surface area contributed by atoms with Gasteiger partial charge >= 0.3 is 0 Å². The molecule has 3 aromatic carbocycles. The molecule has 4 rings (SSSR count). The number of carbonyl (C=O) groups excluding carboxylic acids is 3. The summed E-state index contributed by atoms with van der Waals surface area (Å²) in [7, 11) is 0. The van der Waals surface area contributed by atoms with Crippen molar-refractivity contribution in [1.82, 2.24) is 5.32 Å². The van der Waals surface area contributed by atoms with Crippen LogP contribution < -0.4 is 15.5 Å². The van der Waals surface area contributed by atoms with E-state index in [2.05, 4.69) is 10.6 Å². The van der Waals surface area contributed by atoms with E-state index in [4.69, 9.17) is 11.6 Å². The Kier molecular flexibility index (Phi) is 6.75. The SMILES string of the molecule is Cc1cccc(CNC(=O)c2ccccc2NC(=O)[C@@H]2CC(=O)N(c3ccc(Cl)cc3)C2)c1. The molecule has 1 aliphatic rings. The molecule has 0 bridgehead atoms. The van der Waals surface area contributed by atoms with Crippen LogP contribution in [0.5, 0.6) is 0 Å². The third kappa shape index (κ3) is 5.41. The van der Waals surface area contributed by atoms with Crippen LogP contribution in [0.25, 0.3) is 0 Å². The number of hydrogen-bond acceptors (Lipinski definition) is 3. The van der Waals surface area contributed by atoms with Gasteiger partial charge in [0.1, 0.15) is 0 Å². The Morgan fingerprint density at radius 2 is 1.79 bits per heavy atom. The van der Waals surface area contributed by atoms with Gasteiger partial charge in [-0.3, -0.25) is 14.4 Å². The van der Waals surface area contributed by atoms with Gasteiger partial charge in [-0.1, -0.05) is 53.6 Å². The number of nitrogens with zero attached hydrogens (tertiary/aromatic N) is 1. The standard InChI is InChI=1S/C26H24ClN3O3/c1-17-5-4-6-18(13-17)15-28-26(33)22-7-2-3-8-23(22)29-25(32)19-14-24(31)30(16-19)21-11-9-20(27)10-12-21/h2-13,19H,14-16H2,1H3,(H,28,33)(H,29,32)/t19-/m1/s1. The second-order valence-corrected chi connectivity index (χ2v) is 8.52. The summed E-state index contributed by atoms with van der Waals surface area (Å²) in [5.41, 5.74) is 3.61. The molecule has 0 spiro atoms. The monoisotopic (exact) mass is 461 g/mol. The second-order valence-electron chi connectivity index (χ2n) is 8.09. The fraction of sp³-hybridized carbons (Fsp3) is 0.192. The van der Waals surface area contributed by atoms with Crippen LogP contribution in [-0.2, 0) is 16.1 Å². The lowest BCUT2D eigenvalue weighted by molar-refractivity contribution is -0.122. The number of halogens is 1. The summed E-state index contributed by atoms with van der Waals surface area (Å²) in [5.74, 6) is -1.21. The zero-order chi connectivity index (χ0) is 23.4. The first-order valence-electron chi connectivity index (χ1n) is 10.7. The highest BCUT2D eigenvalue weighted by Gasteiger charge is 2.35. The third-order valence-corrected chi connectivity index (χ3v) is 5.85. The van der Waals surface area contributed by atoms with E-state index < -0.39 is 5.92 Å². The quantitative estimate of drug-likeness (QED) is 0.564. The molecular weight excluding hydrogens is 438 g/mol. The Morgan fingerprint density at radius 3 is 2.55 bits per heavy atom. The first kappa shape index (κ1) is 22.6. The fourth-order valence-corrected chi connectivity index (χ4v) is 4.00. The Bertz CT molecular complexity index is 1190. The summed E-state index contributed by atoms with van der Waals surface area (Å²) in [4.78, 5) is 39.8. The topological polar surface area (TPSA) is 78.5 Å². The number of benzene rings is 3. The van der Waals surface area contributed by atoms with Gasteiger partial charge in [-0.2, -0.15) is 0 Å². The number of aryl methyl sites for hydroxylation is 1. The van der Waals surface area contributed by atoms with E-state index in [9.17, 15) is 14.4 Å². The van der Waals surface area contributed by atoms with Crippen molar-refractivity contribution in [2.45, 2.75) is 19.9 Å². The number of para-hydroxylation sites is 1. The molecule has 1 aliphatic heterocycles. The summed E-state index contributed by atoms with van der Waals surface area (Å²) in [6.45, 7) is 2.65. The molecule has 1 heterocycles. The van der Waals surface area contributed by atoms with Crippen LogP contribution in [0.1, 0.15) is 27.9 Å². The summed E-state index contributed by atoms with van der Waals surface area (Å²) < 4.78 is 0. The zero-order valence-corrected chi connectivity index (χ0v) is 18.9. The van der Waals surface area contributed by atoms with E-state index in [1.165, 1.54) is 0 Å². The molecular formula is C26H24ClN3O3. The van der Waals surface area contributed by atoms with Gasteiger partial charge in [-0.15, -0.1) is 0 Å². The molecule has 3 aromatic rings. The lowest BCUT2D eigenvalue weighted by atomic mass is 10.1. The first-order valence-corrected chi connectivity index (χ1v) is 11.1. The highest BCUT2D eigenvalue weighted by Crippen LogP contribution is 2.27. The molecule has 1 atom stereocenters. The number of nitrogens with one attached hydrogen (secondary N) is 2. The Hall–Kier alpha value is -3.64. The third-order valence-electron chi connectivity index (χ3n) is 5.60. The number of amides is 3. The number of carbonyl (C=O) groups is 3. The van der Waals surface area contributed by atoms with E-state index >= 15 is 0 Å². The average molecular weight is 462 g/mol. The smallest absolute Gasteiger partial charge is 0.253 e. The van der Waals surface area contributed by atoms with Gasteiger partial charge in [-0.25, -0.2) is 0 Å². The molecule has 7 heteroatoms. The van der Waals surface area contributed by atoms with E-state index in [-0.39, 0.29) is 30.7 Å². The predicted octanol–water partition coefficient (Wildman–Crippen LogP) is 4.57. The Balaban J connectivity index is 1.42. The molecule has 33 heavy (non-hydrogen) atoms. The van der Waals surface area contributed by atoms with Crippen molar-refractivity contribution in [3.63, 3.8) is 0 Å². The maximum atomic E-state index is 12.9. The zero-order valence-electron chi connectivity index (χ0n) is 18.2. The lowest BCUT2D eigenvalue weighted by Crippen LogP contribution is -2.29. The molecule has 2 N–H and O–H groups in total. The molecule has 0 saturated carbocycles. The molecule has 168 valence electrons. The van der Waals surface area contributed by atoms with Gasteiger partial charge in [0.05, 0.1) is 17.2 Å². The minimum Gasteiger partial charge on any atom is -0.348 e. The highest BCUT2D eigenvalue weighted by atomic mass is 35.5. The van der Waals surface area contributed by atoms with E-state index in [0.717, 1.165) is 11.1 Å². The van der Waals surface area contributed by atoms with Crippen LogP contribution in [0.2, 0.25) is 5.02 Å². The highest BCUT2D eigenvalue weighted by molar-refractivity contribution is 6.30. The van der Waals surface area contributed by atoms with E-state index in [1.807, 2.05) is 31.2 Å². The second kappa shape index (κ2) is 9.88. The predicted molar refractivity (Wildman–Crippen MR) is 129 cm³/mol. The first-order chi connectivity index (χ1) is 15.9. The summed E-state index contributed by atoms with van der Waals surface area (Å²) in [6, 6.07) is 21.7. The van der Waals surface area contributed by atoms with Crippen molar-refractivity contribution < 1.29 is 14.4 Å². The normalized spacial score (nSPS) is 15.4. The van der Waals surface area contributed by atoms with Crippen LogP contribution in [0.4, 0.5) is 11.4 Å². The van der Waals surface area contributed by atoms with Crippen LogP contribution in [-0.4, -0.2) is 24.3 Å². The minimum atomic E-state index is -0.517. The van der Waals surface area contributed by atoms with Gasteiger partial charge in [-0.05, 0) is 48.9 Å². The number of rotatable bonds is 6. The summed E-state index contributed by atoms with van der Waals surface area (Å²) in [6.07, 6.45) is 0.107. The summed E-state index contributed by atoms with van der Waals surface area (Å²) in [5, 5.41) is 6.33. The average Bonchev–Trinajstić information content (AvgIpc) is 3.20. The maximum Gasteiger partial charge on any atom is 0.253 e. The van der Waals surface area contributed by atoms with Crippen molar-refractivity contribution in [3.05, 3.63) is 94.5 Å². The van der Waals surface area contributed by atoms with E-state index in [1.54, 1.807) is 53.4 Å². The van der Waals surface area contributed by atoms with Crippen molar-refractivity contribution in [2.24, 2.45) is 5.92 Å². The molecule has 6 nitrogen and oxygen atoms in total. The summed E-state index contributed by atoms with van der Waals surface area (Å²) >= 11 is 5.93. The largest absolute Gasteiger partial charge is 0.348 e. The van der Waals surface area contributed by atoms with Gasteiger partial charge in [0.25, 0.3) is 5.91 Å². The maximum absolute atomic E-state index is 12.9. The van der Waals surface area contributed by atoms with Crippen molar-refractivity contribution in [1.29, 1.82) is 0 Å². The van der Waals surface area contributed by atoms with Gasteiger partial charge in [0.2, 0.25) is 11.8 Å². The van der Waals surface area contributed by atoms with Crippen molar-refractivity contribution in [3.8, 4) is 0 Å². The molecule has 0 aliphatic carbocycles. The number of hydrogen-bond donors (Lipinski definition) is 2. The molecule has 0 unspecified atom stereocenters. The van der Waals surface area contributed by atoms with Gasteiger partial charge < -0.3 is 15.5 Å². The van der Waals surface area contributed by atoms with Crippen molar-refractivity contribution >= 4 is 40.7 Å². The molecule has 1 fully saturated rings. The molecule has 1 saturated heterocycles. The van der Waals surface area contributed by atoms with Gasteiger partial charge in [0.15, 0.2) is 0 Å².